The van der Waals surface area contributed by atoms with Crippen LogP contribution in [0.1, 0.15) is 32.1 Å². The third-order valence-corrected chi connectivity index (χ3v) is 5.25. The van der Waals surface area contributed by atoms with Crippen LogP contribution < -0.4 is 5.43 Å². The fraction of sp³-hybridized carbons (Fsp3) is 0.818. The minimum atomic E-state index is 0.240. The highest BCUT2D eigenvalue weighted by atomic mass is 32.1. The van der Waals surface area contributed by atoms with Crippen LogP contribution in [0.5, 0.6) is 0 Å². The fourth-order valence-corrected chi connectivity index (χ4v) is 4.83. The summed E-state index contributed by atoms with van der Waals surface area (Å²) in [5.41, 5.74) is 4.75. The molecule has 0 aromatic heterocycles. The Morgan fingerprint density at radius 1 is 1.21 bits per heavy atom. The van der Waals surface area contributed by atoms with Gasteiger partial charge in [0.1, 0.15) is 4.99 Å². The summed E-state index contributed by atoms with van der Waals surface area (Å²) >= 11 is 5.46. The molecule has 0 saturated heterocycles. The molecular weight excluding hydrogens is 192 g/mol. The van der Waals surface area contributed by atoms with Crippen LogP contribution in [0.4, 0.5) is 0 Å². The molecule has 2 unspecified atom stereocenters. The maximum Gasteiger partial charge on any atom is 0.108 e. The summed E-state index contributed by atoms with van der Waals surface area (Å²) in [5.74, 6) is 2.67. The Morgan fingerprint density at radius 3 is 2.64 bits per heavy atom. The van der Waals surface area contributed by atoms with Gasteiger partial charge >= 0.3 is 0 Å². The molecule has 0 amide bonds. The molecule has 1 heterocycles. The molecule has 0 radical (unpaired) electrons. The molecule has 4 fully saturated rings. The monoisotopic (exact) mass is 206 g/mol. The second kappa shape index (κ2) is 2.21. The summed E-state index contributed by atoms with van der Waals surface area (Å²) in [4.78, 5) is 1.03. The summed E-state index contributed by atoms with van der Waals surface area (Å²) in [6.07, 6.45) is 6.84. The lowest BCUT2D eigenvalue weighted by molar-refractivity contribution is 0.0857. The number of nitrogens with zero attached hydrogens (tertiary/aromatic N) is 1. The highest BCUT2D eigenvalue weighted by Crippen LogP contribution is 2.59. The molecule has 14 heavy (non-hydrogen) atoms. The predicted molar refractivity (Wildman–Crippen MR) is 59.2 cm³/mol. The minimum absolute atomic E-state index is 0.240. The zero-order valence-corrected chi connectivity index (χ0v) is 8.94. The lowest BCUT2D eigenvalue weighted by Crippen LogP contribution is -2.54. The average molecular weight is 206 g/mol. The van der Waals surface area contributed by atoms with Gasteiger partial charge < -0.3 is 0 Å². The SMILES string of the molecule is S=C1NN=C2C3C[C@@H]4C[C@H](C3)CC12C4. The highest BCUT2D eigenvalue weighted by molar-refractivity contribution is 7.80. The number of rotatable bonds is 0. The third kappa shape index (κ3) is 0.712. The largest absolute Gasteiger partial charge is 0.271 e. The molecule has 3 heteroatoms. The van der Waals surface area contributed by atoms with E-state index in [1.54, 1.807) is 0 Å². The van der Waals surface area contributed by atoms with Crippen molar-refractivity contribution in [2.75, 3.05) is 0 Å². The van der Waals surface area contributed by atoms with Crippen molar-refractivity contribution in [3.05, 3.63) is 0 Å². The van der Waals surface area contributed by atoms with Gasteiger partial charge in [0.2, 0.25) is 0 Å². The standard InChI is InChI=1S/C11H14N2S/c14-10-11-4-6-1-7(5-11)3-8(2-6)9(11)12-13-10/h6-8H,1-5H2,(H,13,14)/t6-,7+,8?,11?. The van der Waals surface area contributed by atoms with Crippen molar-refractivity contribution in [2.24, 2.45) is 28.3 Å². The van der Waals surface area contributed by atoms with E-state index in [0.717, 1.165) is 22.7 Å². The summed E-state index contributed by atoms with van der Waals surface area (Å²) in [7, 11) is 0. The van der Waals surface area contributed by atoms with Crippen molar-refractivity contribution >= 4 is 22.9 Å². The smallest absolute Gasteiger partial charge is 0.108 e. The van der Waals surface area contributed by atoms with Crippen molar-refractivity contribution in [2.45, 2.75) is 32.1 Å². The van der Waals surface area contributed by atoms with Crippen molar-refractivity contribution in [1.29, 1.82) is 0 Å². The quantitative estimate of drug-likeness (QED) is 0.614. The van der Waals surface area contributed by atoms with Crippen LogP contribution in [0.3, 0.4) is 0 Å². The van der Waals surface area contributed by atoms with E-state index >= 15 is 0 Å². The molecular formula is C11H14N2S. The molecule has 4 bridgehead atoms. The lowest BCUT2D eigenvalue weighted by atomic mass is 9.49. The first-order chi connectivity index (χ1) is 6.78. The Balaban J connectivity index is 1.90. The Bertz CT molecular complexity index is 346. The number of hydrogen-bond acceptors (Lipinski definition) is 2. The second-order valence-electron chi connectivity index (χ2n) is 5.56. The highest BCUT2D eigenvalue weighted by Gasteiger charge is 2.59. The lowest BCUT2D eigenvalue weighted by Gasteiger charge is -2.54. The fourth-order valence-electron chi connectivity index (χ4n) is 4.51. The molecule has 1 aliphatic heterocycles. The summed E-state index contributed by atoms with van der Waals surface area (Å²) in [6, 6.07) is 0. The van der Waals surface area contributed by atoms with Gasteiger partial charge in [-0.3, -0.25) is 5.43 Å². The van der Waals surface area contributed by atoms with Gasteiger partial charge in [-0.1, -0.05) is 12.2 Å². The second-order valence-corrected chi connectivity index (χ2v) is 5.97. The van der Waals surface area contributed by atoms with E-state index in [9.17, 15) is 0 Å². The molecule has 2 nitrogen and oxygen atoms in total. The van der Waals surface area contributed by atoms with Gasteiger partial charge in [0, 0.05) is 5.92 Å². The Hall–Kier alpha value is -0.440. The number of thiocarbonyl (C=S) groups is 1. The van der Waals surface area contributed by atoms with Crippen LogP contribution in [0.15, 0.2) is 5.10 Å². The Kier molecular flexibility index (Phi) is 1.23. The zero-order chi connectivity index (χ0) is 9.34. The zero-order valence-electron chi connectivity index (χ0n) is 8.12. The number of nitrogens with one attached hydrogen (secondary N) is 1. The summed E-state index contributed by atoms with van der Waals surface area (Å²) in [5, 5.41) is 4.49. The number of hydrogen-bond donors (Lipinski definition) is 1. The van der Waals surface area contributed by atoms with Gasteiger partial charge in [0.15, 0.2) is 0 Å². The van der Waals surface area contributed by atoms with E-state index in [-0.39, 0.29) is 5.41 Å². The van der Waals surface area contributed by atoms with Gasteiger partial charge in [-0.25, -0.2) is 0 Å². The van der Waals surface area contributed by atoms with Gasteiger partial charge in [-0.2, -0.15) is 5.10 Å². The average Bonchev–Trinajstić information content (AvgIpc) is 2.43. The van der Waals surface area contributed by atoms with Crippen LogP contribution in [0, 0.1) is 23.2 Å². The van der Waals surface area contributed by atoms with E-state index in [4.69, 9.17) is 12.2 Å². The van der Waals surface area contributed by atoms with E-state index in [2.05, 4.69) is 10.5 Å². The van der Waals surface area contributed by atoms with Crippen molar-refractivity contribution in [3.63, 3.8) is 0 Å². The van der Waals surface area contributed by atoms with Gasteiger partial charge in [0.05, 0.1) is 11.1 Å². The van der Waals surface area contributed by atoms with Gasteiger partial charge in [0.25, 0.3) is 0 Å². The molecule has 1 N–H and O–H groups in total. The molecule has 5 aliphatic rings. The molecule has 1 spiro atoms. The van der Waals surface area contributed by atoms with Crippen molar-refractivity contribution < 1.29 is 0 Å². The molecule has 74 valence electrons. The summed E-state index contributed by atoms with van der Waals surface area (Å²) < 4.78 is 0. The first-order valence-corrected chi connectivity index (χ1v) is 6.07. The maximum atomic E-state index is 5.46. The normalized spacial score (nSPS) is 53.0. The first kappa shape index (κ1) is 7.80. The van der Waals surface area contributed by atoms with Crippen LogP contribution in [-0.2, 0) is 0 Å². The molecule has 0 aromatic carbocycles. The van der Waals surface area contributed by atoms with Crippen molar-refractivity contribution in [3.8, 4) is 0 Å². The Labute approximate surface area is 89.1 Å². The van der Waals surface area contributed by atoms with E-state index < -0.39 is 0 Å². The van der Waals surface area contributed by atoms with Gasteiger partial charge in [-0.05, 0) is 43.9 Å². The maximum absolute atomic E-state index is 5.46. The Morgan fingerprint density at radius 2 is 1.93 bits per heavy atom. The molecule has 4 saturated carbocycles. The topological polar surface area (TPSA) is 24.4 Å². The molecule has 4 atom stereocenters. The number of hydrazone groups is 1. The van der Waals surface area contributed by atoms with E-state index in [1.807, 2.05) is 0 Å². The van der Waals surface area contributed by atoms with Crippen molar-refractivity contribution in [1.82, 2.24) is 5.43 Å². The van der Waals surface area contributed by atoms with Crippen LogP contribution in [0.2, 0.25) is 0 Å². The minimum Gasteiger partial charge on any atom is -0.271 e. The van der Waals surface area contributed by atoms with E-state index in [1.165, 1.54) is 37.8 Å². The molecule has 4 aliphatic carbocycles. The van der Waals surface area contributed by atoms with E-state index in [0.29, 0.717) is 0 Å². The first-order valence-electron chi connectivity index (χ1n) is 5.66. The molecule has 0 aromatic rings. The van der Waals surface area contributed by atoms with Gasteiger partial charge in [-0.15, -0.1) is 0 Å². The third-order valence-electron chi connectivity index (χ3n) is 4.77. The van der Waals surface area contributed by atoms with Crippen LogP contribution in [-0.4, -0.2) is 10.7 Å². The predicted octanol–water partition coefficient (Wildman–Crippen LogP) is 2.10. The van der Waals surface area contributed by atoms with Crippen LogP contribution >= 0.6 is 12.2 Å². The van der Waals surface area contributed by atoms with Crippen LogP contribution in [0.25, 0.3) is 0 Å². The molecule has 5 rings (SSSR count). The summed E-state index contributed by atoms with van der Waals surface area (Å²) in [6.45, 7) is 0.